The average Bonchev–Trinajstić information content (AvgIpc) is 3.36. The largest absolute Gasteiger partial charge is 0.461 e. The molecule has 1 heterocycles. The second kappa shape index (κ2) is 19.2. The first-order valence-electron chi connectivity index (χ1n) is 15.7. The van der Waals surface area contributed by atoms with Crippen molar-refractivity contribution in [2.24, 2.45) is 5.73 Å². The number of carbonyl (C=O) groups is 5. The number of hydrogen-bond acceptors (Lipinski definition) is 9. The van der Waals surface area contributed by atoms with Gasteiger partial charge in [0.05, 0.1) is 12.1 Å². The van der Waals surface area contributed by atoms with Crippen molar-refractivity contribution in [1.29, 1.82) is 0 Å². The monoisotopic (exact) mass is 635 g/mol. The van der Waals surface area contributed by atoms with Crippen molar-refractivity contribution in [3.63, 3.8) is 0 Å². The van der Waals surface area contributed by atoms with Gasteiger partial charge in [-0.05, 0) is 61.9 Å². The second-order valence-corrected chi connectivity index (χ2v) is 11.3. The van der Waals surface area contributed by atoms with Gasteiger partial charge in [-0.1, -0.05) is 55.3 Å². The van der Waals surface area contributed by atoms with Gasteiger partial charge in [-0.2, -0.15) is 0 Å². The van der Waals surface area contributed by atoms with Gasteiger partial charge in [-0.15, -0.1) is 0 Å². The Labute approximate surface area is 269 Å². The summed E-state index contributed by atoms with van der Waals surface area (Å²) in [7, 11) is 0. The number of carbonyl (C=O) groups excluding carboxylic acids is 5. The fourth-order valence-corrected chi connectivity index (χ4v) is 4.98. The van der Waals surface area contributed by atoms with E-state index in [0.29, 0.717) is 63.7 Å². The number of esters is 1. The first kappa shape index (κ1) is 36.1. The Hall–Kier alpha value is -4.39. The van der Waals surface area contributed by atoms with Crippen LogP contribution in [0.2, 0.25) is 0 Å². The summed E-state index contributed by atoms with van der Waals surface area (Å²) in [6.07, 6.45) is 5.31. The van der Waals surface area contributed by atoms with E-state index in [2.05, 4.69) is 16.0 Å². The summed E-state index contributed by atoms with van der Waals surface area (Å²) in [4.78, 5) is 62.0. The number of unbranched alkanes of at least 4 members (excludes halogenated alkanes) is 3. The maximum absolute atomic E-state index is 13.4. The molecule has 2 aromatic rings. The minimum atomic E-state index is -1.25. The van der Waals surface area contributed by atoms with Gasteiger partial charge in [-0.25, -0.2) is 0 Å². The lowest BCUT2D eigenvalue weighted by molar-refractivity contribution is -0.142. The maximum atomic E-state index is 13.4. The van der Waals surface area contributed by atoms with E-state index in [4.69, 9.17) is 10.5 Å². The lowest BCUT2D eigenvalue weighted by Gasteiger charge is -2.29. The number of ether oxygens (including phenoxy) is 1. The molecule has 12 nitrogen and oxygen atoms in total. The van der Waals surface area contributed by atoms with Crippen LogP contribution in [0.3, 0.4) is 0 Å². The summed E-state index contributed by atoms with van der Waals surface area (Å²) in [5.41, 5.74) is 7.90. The van der Waals surface area contributed by atoms with E-state index in [1.165, 1.54) is 24.0 Å². The molecule has 0 fully saturated rings. The summed E-state index contributed by atoms with van der Waals surface area (Å²) in [5.74, 6) is -1.63. The number of anilines is 1. The highest BCUT2D eigenvalue weighted by atomic mass is 16.5. The van der Waals surface area contributed by atoms with Crippen LogP contribution in [0.5, 0.6) is 0 Å². The van der Waals surface area contributed by atoms with Crippen molar-refractivity contribution in [2.75, 3.05) is 18.4 Å². The molecule has 248 valence electrons. The number of imide groups is 1. The zero-order valence-corrected chi connectivity index (χ0v) is 26.3. The molecule has 0 aliphatic carbocycles. The van der Waals surface area contributed by atoms with E-state index < -0.39 is 18.3 Å². The molecule has 46 heavy (non-hydrogen) atoms. The number of amides is 4. The quantitative estimate of drug-likeness (QED) is 0.0632. The van der Waals surface area contributed by atoms with Gasteiger partial charge in [0, 0.05) is 37.7 Å². The van der Waals surface area contributed by atoms with Crippen LogP contribution in [0.15, 0.2) is 66.7 Å². The average molecular weight is 636 g/mol. The minimum Gasteiger partial charge on any atom is -0.461 e. The first-order valence-corrected chi connectivity index (χ1v) is 15.7. The fourth-order valence-electron chi connectivity index (χ4n) is 4.98. The number of aliphatic hydroxyl groups excluding tert-OH is 1. The summed E-state index contributed by atoms with van der Waals surface area (Å²) in [6.45, 7) is 2.24. The summed E-state index contributed by atoms with van der Waals surface area (Å²) in [6, 6.07) is 14.8. The third kappa shape index (κ3) is 12.5. The number of nitrogens with two attached hydrogens (primary N) is 1. The van der Waals surface area contributed by atoms with E-state index in [9.17, 15) is 29.1 Å². The standard InChI is InChI=1S/C34H45N5O7/c1-24(40)46-23-26-14-16-27(17-15-26)36-33(44)28(12-7-8-20-35)38-34(45)29(22-25-10-4-2-5-11-25)37-30(41)13-6-3-9-21-39-31(42)18-19-32(39)43/h2,4-5,10-11,14-19,28-29,34,38,45H,3,6-9,12-13,20-23,35H2,1H3,(H,36,44)(H,37,41)/t28-,29-,34?/m0/s1. The van der Waals surface area contributed by atoms with Crippen LogP contribution in [0.4, 0.5) is 5.69 Å². The lowest BCUT2D eigenvalue weighted by Crippen LogP contribution is -2.56. The van der Waals surface area contributed by atoms with E-state index in [-0.39, 0.29) is 42.6 Å². The van der Waals surface area contributed by atoms with Gasteiger partial charge in [0.2, 0.25) is 11.8 Å². The molecule has 0 radical (unpaired) electrons. The van der Waals surface area contributed by atoms with Gasteiger partial charge < -0.3 is 26.2 Å². The molecule has 12 heteroatoms. The molecule has 6 N–H and O–H groups in total. The van der Waals surface area contributed by atoms with Crippen LogP contribution in [0.25, 0.3) is 0 Å². The molecule has 3 atom stereocenters. The Morgan fingerprint density at radius 3 is 2.24 bits per heavy atom. The van der Waals surface area contributed by atoms with E-state index in [1.807, 2.05) is 30.3 Å². The van der Waals surface area contributed by atoms with Gasteiger partial charge in [0.1, 0.15) is 12.8 Å². The first-order chi connectivity index (χ1) is 22.2. The zero-order chi connectivity index (χ0) is 33.3. The van der Waals surface area contributed by atoms with Crippen LogP contribution < -0.4 is 21.7 Å². The zero-order valence-electron chi connectivity index (χ0n) is 26.3. The van der Waals surface area contributed by atoms with Gasteiger partial charge in [-0.3, -0.25) is 34.2 Å². The summed E-state index contributed by atoms with van der Waals surface area (Å²) < 4.78 is 5.01. The second-order valence-electron chi connectivity index (χ2n) is 11.3. The number of nitrogens with one attached hydrogen (secondary N) is 3. The third-order valence-electron chi connectivity index (χ3n) is 7.51. The van der Waals surface area contributed by atoms with Crippen molar-refractivity contribution >= 4 is 35.3 Å². The summed E-state index contributed by atoms with van der Waals surface area (Å²) in [5, 5.41) is 20.2. The van der Waals surface area contributed by atoms with Gasteiger partial charge >= 0.3 is 5.97 Å². The van der Waals surface area contributed by atoms with E-state index in [0.717, 1.165) is 11.1 Å². The van der Waals surface area contributed by atoms with Crippen molar-refractivity contribution in [2.45, 2.75) is 83.2 Å². The normalized spacial score (nSPS) is 14.5. The highest BCUT2D eigenvalue weighted by Crippen LogP contribution is 2.14. The predicted molar refractivity (Wildman–Crippen MR) is 173 cm³/mol. The molecule has 2 aromatic carbocycles. The van der Waals surface area contributed by atoms with Crippen LogP contribution in [0, 0.1) is 0 Å². The molecular weight excluding hydrogens is 590 g/mol. The molecular formula is C34H45N5O7. The molecule has 0 saturated heterocycles. The molecule has 3 rings (SSSR count). The smallest absolute Gasteiger partial charge is 0.302 e. The van der Waals surface area contributed by atoms with E-state index >= 15 is 0 Å². The minimum absolute atomic E-state index is 0.131. The molecule has 0 aromatic heterocycles. The highest BCUT2D eigenvalue weighted by molar-refractivity contribution is 6.12. The Balaban J connectivity index is 1.60. The van der Waals surface area contributed by atoms with Crippen LogP contribution in [-0.4, -0.2) is 71.0 Å². The van der Waals surface area contributed by atoms with Crippen LogP contribution in [0.1, 0.15) is 63.0 Å². The lowest BCUT2D eigenvalue weighted by atomic mass is 10.0. The Kier molecular flexibility index (Phi) is 15.1. The third-order valence-corrected chi connectivity index (χ3v) is 7.51. The molecule has 0 saturated carbocycles. The maximum Gasteiger partial charge on any atom is 0.302 e. The van der Waals surface area contributed by atoms with Crippen LogP contribution in [-0.2, 0) is 41.7 Å². The number of hydrogen-bond donors (Lipinski definition) is 5. The molecule has 1 aliphatic heterocycles. The van der Waals surface area contributed by atoms with Crippen molar-refractivity contribution in [1.82, 2.24) is 15.5 Å². The van der Waals surface area contributed by atoms with Gasteiger partial charge in [0.15, 0.2) is 0 Å². The molecule has 0 bridgehead atoms. The number of aliphatic hydroxyl groups is 1. The topological polar surface area (TPSA) is 180 Å². The molecule has 0 spiro atoms. The number of benzene rings is 2. The molecule has 1 unspecified atom stereocenters. The van der Waals surface area contributed by atoms with Crippen LogP contribution >= 0.6 is 0 Å². The van der Waals surface area contributed by atoms with Crippen molar-refractivity contribution in [3.05, 3.63) is 77.9 Å². The summed E-state index contributed by atoms with van der Waals surface area (Å²) >= 11 is 0. The Morgan fingerprint density at radius 1 is 0.891 bits per heavy atom. The Bertz CT molecular complexity index is 1320. The van der Waals surface area contributed by atoms with Crippen molar-refractivity contribution in [3.8, 4) is 0 Å². The molecule has 4 amide bonds. The number of nitrogens with zero attached hydrogens (tertiary/aromatic N) is 1. The fraction of sp³-hybridized carbons (Fsp3) is 0.441. The molecule has 1 aliphatic rings. The van der Waals surface area contributed by atoms with Crippen molar-refractivity contribution < 1.29 is 33.8 Å². The van der Waals surface area contributed by atoms with Gasteiger partial charge in [0.25, 0.3) is 11.8 Å². The predicted octanol–water partition coefficient (Wildman–Crippen LogP) is 2.31. The Morgan fingerprint density at radius 2 is 1.59 bits per heavy atom. The number of rotatable bonds is 20. The van der Waals surface area contributed by atoms with E-state index in [1.54, 1.807) is 24.3 Å². The highest BCUT2D eigenvalue weighted by Gasteiger charge is 2.28. The SMILES string of the molecule is CC(=O)OCc1ccc(NC(=O)[C@H](CCCCN)NC(O)[C@H](Cc2ccccc2)NC(=O)CCCCCN2C(=O)C=CC2=O)cc1.